The number of carbonyl (C=O) groups is 1. The molecule has 4 aromatic heterocycles. The maximum absolute atomic E-state index is 12.9. The number of nitrogens with zero attached hydrogens (tertiary/aromatic N) is 4. The molecule has 0 unspecified atom stereocenters. The summed E-state index contributed by atoms with van der Waals surface area (Å²) in [7, 11) is 1.53. The standard InChI is InChI=1S/C24H18N6O3/c1-32-22-12-18(8-10-26-22)33-21-7-5-17(14-27-21)28-24(31)23-19-11-15(4-6-20(19)29-30-23)16-3-2-9-25-13-16/h2-14H,1H3,(H,28,31)(H,29,30). The van der Waals surface area contributed by atoms with Crippen molar-refractivity contribution in [3.05, 3.63) is 85.1 Å². The lowest BCUT2D eigenvalue weighted by Crippen LogP contribution is -2.13. The maximum atomic E-state index is 12.9. The molecule has 0 radical (unpaired) electrons. The minimum atomic E-state index is -0.348. The second kappa shape index (κ2) is 8.75. The molecule has 0 aliphatic rings. The molecule has 162 valence electrons. The molecule has 0 atom stereocenters. The first-order valence-electron chi connectivity index (χ1n) is 10.0. The highest BCUT2D eigenvalue weighted by Crippen LogP contribution is 2.26. The number of hydrogen-bond donors (Lipinski definition) is 2. The summed E-state index contributed by atoms with van der Waals surface area (Å²) < 4.78 is 10.8. The highest BCUT2D eigenvalue weighted by molar-refractivity contribution is 6.11. The van der Waals surface area contributed by atoms with Crippen molar-refractivity contribution in [3.8, 4) is 28.6 Å². The third-order valence-electron chi connectivity index (χ3n) is 4.90. The van der Waals surface area contributed by atoms with E-state index in [-0.39, 0.29) is 5.91 Å². The van der Waals surface area contributed by atoms with Crippen molar-refractivity contribution in [1.82, 2.24) is 25.1 Å². The molecular weight excluding hydrogens is 420 g/mol. The normalized spacial score (nSPS) is 10.7. The smallest absolute Gasteiger partial charge is 0.276 e. The molecule has 5 aromatic rings. The number of hydrogen-bond acceptors (Lipinski definition) is 7. The van der Waals surface area contributed by atoms with Crippen molar-refractivity contribution in [3.63, 3.8) is 0 Å². The van der Waals surface area contributed by atoms with Crippen molar-refractivity contribution in [1.29, 1.82) is 0 Å². The Morgan fingerprint density at radius 1 is 0.939 bits per heavy atom. The molecule has 0 spiro atoms. The van der Waals surface area contributed by atoms with Crippen LogP contribution in [0.1, 0.15) is 10.5 Å². The van der Waals surface area contributed by atoms with Crippen LogP contribution in [0.2, 0.25) is 0 Å². The molecule has 0 bridgehead atoms. The Morgan fingerprint density at radius 2 is 1.88 bits per heavy atom. The van der Waals surface area contributed by atoms with Crippen LogP contribution in [0, 0.1) is 0 Å². The van der Waals surface area contributed by atoms with Crippen molar-refractivity contribution in [2.24, 2.45) is 0 Å². The van der Waals surface area contributed by atoms with Crippen LogP contribution in [0.3, 0.4) is 0 Å². The average molecular weight is 438 g/mol. The van der Waals surface area contributed by atoms with E-state index in [2.05, 4.69) is 30.5 Å². The Hall–Kier alpha value is -4.79. The number of aromatic nitrogens is 5. The van der Waals surface area contributed by atoms with E-state index in [1.165, 1.54) is 13.3 Å². The number of aromatic amines is 1. The Bertz CT molecular complexity index is 1420. The molecular formula is C24H18N6O3. The fourth-order valence-corrected chi connectivity index (χ4v) is 3.29. The number of pyridine rings is 3. The number of H-pyrrole nitrogens is 1. The Labute approximate surface area is 188 Å². The third kappa shape index (κ3) is 4.33. The summed E-state index contributed by atoms with van der Waals surface area (Å²) in [6, 6.07) is 16.3. The van der Waals surface area contributed by atoms with Crippen LogP contribution in [0.15, 0.2) is 79.4 Å². The predicted molar refractivity (Wildman–Crippen MR) is 122 cm³/mol. The van der Waals surface area contributed by atoms with E-state index in [0.717, 1.165) is 16.6 Å². The second-order valence-corrected chi connectivity index (χ2v) is 7.05. The van der Waals surface area contributed by atoms with Crippen molar-refractivity contribution in [2.75, 3.05) is 12.4 Å². The summed E-state index contributed by atoms with van der Waals surface area (Å²) in [6.45, 7) is 0. The summed E-state index contributed by atoms with van der Waals surface area (Å²) in [5.41, 5.74) is 3.47. The molecule has 33 heavy (non-hydrogen) atoms. The van der Waals surface area contributed by atoms with Gasteiger partial charge in [0.15, 0.2) is 5.69 Å². The van der Waals surface area contributed by atoms with Gasteiger partial charge in [0, 0.05) is 41.7 Å². The molecule has 0 aliphatic heterocycles. The highest BCUT2D eigenvalue weighted by Gasteiger charge is 2.15. The predicted octanol–water partition coefficient (Wildman–Crippen LogP) is 4.47. The molecule has 9 nitrogen and oxygen atoms in total. The lowest BCUT2D eigenvalue weighted by atomic mass is 10.0. The van der Waals surface area contributed by atoms with Gasteiger partial charge in [0.25, 0.3) is 5.91 Å². The van der Waals surface area contributed by atoms with E-state index in [4.69, 9.17) is 9.47 Å². The van der Waals surface area contributed by atoms with Gasteiger partial charge in [-0.25, -0.2) is 9.97 Å². The number of methoxy groups -OCH3 is 1. The molecule has 9 heteroatoms. The zero-order valence-corrected chi connectivity index (χ0v) is 17.5. The lowest BCUT2D eigenvalue weighted by molar-refractivity contribution is 0.102. The van der Waals surface area contributed by atoms with Gasteiger partial charge >= 0.3 is 0 Å². The number of ether oxygens (including phenoxy) is 2. The fraction of sp³-hybridized carbons (Fsp3) is 0.0417. The number of carbonyl (C=O) groups excluding carboxylic acids is 1. The van der Waals surface area contributed by atoms with Gasteiger partial charge in [-0.2, -0.15) is 5.10 Å². The first-order chi connectivity index (χ1) is 16.2. The largest absolute Gasteiger partial charge is 0.481 e. The number of anilines is 1. The topological polar surface area (TPSA) is 115 Å². The Morgan fingerprint density at radius 3 is 2.67 bits per heavy atom. The van der Waals surface area contributed by atoms with Gasteiger partial charge < -0.3 is 14.8 Å². The summed E-state index contributed by atoms with van der Waals surface area (Å²) in [5.74, 6) is 0.999. The number of rotatable bonds is 6. The van der Waals surface area contributed by atoms with Crippen LogP contribution in [-0.4, -0.2) is 38.2 Å². The summed E-state index contributed by atoms with van der Waals surface area (Å²) in [6.07, 6.45) is 6.59. The second-order valence-electron chi connectivity index (χ2n) is 7.05. The average Bonchev–Trinajstić information content (AvgIpc) is 3.29. The van der Waals surface area contributed by atoms with Crippen LogP contribution in [-0.2, 0) is 0 Å². The lowest BCUT2D eigenvalue weighted by Gasteiger charge is -2.07. The first kappa shape index (κ1) is 20.1. The van der Waals surface area contributed by atoms with Crippen molar-refractivity contribution < 1.29 is 14.3 Å². The first-order valence-corrected chi connectivity index (χ1v) is 10.0. The van der Waals surface area contributed by atoms with Gasteiger partial charge in [0.1, 0.15) is 5.75 Å². The SMILES string of the molecule is COc1cc(Oc2ccc(NC(=O)c3n[nH]c4ccc(-c5cccnc5)cc34)cn2)ccn1. The molecule has 1 aromatic carbocycles. The molecule has 0 aliphatic carbocycles. The van der Waals surface area contributed by atoms with Gasteiger partial charge in [0.2, 0.25) is 11.8 Å². The van der Waals surface area contributed by atoms with Gasteiger partial charge in [-0.3, -0.25) is 14.9 Å². The fourth-order valence-electron chi connectivity index (χ4n) is 3.29. The molecule has 0 saturated carbocycles. The molecule has 0 fully saturated rings. The zero-order chi connectivity index (χ0) is 22.6. The van der Waals surface area contributed by atoms with Gasteiger partial charge in [0.05, 0.1) is 24.5 Å². The van der Waals surface area contributed by atoms with E-state index in [0.29, 0.717) is 34.3 Å². The zero-order valence-electron chi connectivity index (χ0n) is 17.5. The molecule has 5 rings (SSSR count). The molecule has 2 N–H and O–H groups in total. The number of nitrogens with one attached hydrogen (secondary N) is 2. The van der Waals surface area contributed by atoms with Crippen molar-refractivity contribution in [2.45, 2.75) is 0 Å². The Balaban J connectivity index is 1.33. The van der Waals surface area contributed by atoms with E-state index in [1.54, 1.807) is 42.9 Å². The minimum absolute atomic E-state index is 0.292. The number of fused-ring (bicyclic) bond motifs is 1. The van der Waals surface area contributed by atoms with Gasteiger partial charge in [-0.15, -0.1) is 0 Å². The quantitative estimate of drug-likeness (QED) is 0.402. The summed E-state index contributed by atoms with van der Waals surface area (Å²) in [5, 5.41) is 10.6. The molecule has 1 amide bonds. The van der Waals surface area contributed by atoms with Crippen LogP contribution < -0.4 is 14.8 Å². The summed E-state index contributed by atoms with van der Waals surface area (Å²) in [4.78, 5) is 25.3. The van der Waals surface area contributed by atoms with E-state index in [1.807, 2.05) is 30.3 Å². The third-order valence-corrected chi connectivity index (χ3v) is 4.90. The number of benzene rings is 1. The molecule has 0 saturated heterocycles. The van der Waals surface area contributed by atoms with Crippen LogP contribution in [0.5, 0.6) is 17.5 Å². The number of amides is 1. The monoisotopic (exact) mass is 438 g/mol. The minimum Gasteiger partial charge on any atom is -0.481 e. The van der Waals surface area contributed by atoms with Crippen LogP contribution in [0.4, 0.5) is 5.69 Å². The van der Waals surface area contributed by atoms with E-state index >= 15 is 0 Å². The Kier molecular flexibility index (Phi) is 5.34. The molecule has 4 heterocycles. The van der Waals surface area contributed by atoms with Gasteiger partial charge in [-0.05, 0) is 35.9 Å². The van der Waals surface area contributed by atoms with Gasteiger partial charge in [-0.1, -0.05) is 12.1 Å². The summed E-state index contributed by atoms with van der Waals surface area (Å²) >= 11 is 0. The van der Waals surface area contributed by atoms with Crippen LogP contribution >= 0.6 is 0 Å². The maximum Gasteiger partial charge on any atom is 0.276 e. The van der Waals surface area contributed by atoms with Crippen molar-refractivity contribution >= 4 is 22.5 Å². The highest BCUT2D eigenvalue weighted by atomic mass is 16.5. The van der Waals surface area contributed by atoms with Crippen LogP contribution in [0.25, 0.3) is 22.0 Å². The van der Waals surface area contributed by atoms with E-state index in [9.17, 15) is 4.79 Å². The van der Waals surface area contributed by atoms with E-state index < -0.39 is 0 Å².